The first-order valence-electron chi connectivity index (χ1n) is 6.09. The van der Waals surface area contributed by atoms with E-state index in [-0.39, 0.29) is 17.5 Å². The number of unbranched alkanes of at least 4 members (excludes halogenated alkanes) is 1. The fourth-order valence-electron chi connectivity index (χ4n) is 1.60. The minimum atomic E-state index is -0.339. The molecule has 1 aromatic heterocycles. The molecule has 19 heavy (non-hydrogen) atoms. The quantitative estimate of drug-likeness (QED) is 0.900. The molecule has 0 saturated carbocycles. The van der Waals surface area contributed by atoms with Gasteiger partial charge in [-0.1, -0.05) is 13.3 Å². The zero-order valence-electron chi connectivity index (χ0n) is 10.5. The van der Waals surface area contributed by atoms with Gasteiger partial charge in [-0.05, 0) is 41.0 Å². The first kappa shape index (κ1) is 13.2. The zero-order valence-corrected chi connectivity index (χ0v) is 10.5. The summed E-state index contributed by atoms with van der Waals surface area (Å²) in [5.74, 6) is -0.220. The Morgan fingerprint density at radius 3 is 2.74 bits per heavy atom. The van der Waals surface area contributed by atoms with Gasteiger partial charge in [-0.15, -0.1) is 0 Å². The lowest BCUT2D eigenvalue weighted by molar-refractivity contribution is -0.116. The molecule has 1 amide bonds. The van der Waals surface area contributed by atoms with Crippen molar-refractivity contribution in [2.45, 2.75) is 26.2 Å². The standard InChI is InChI=1S/C13H14FN3O2/c1-2-3-4-11(18)15-13-12(16-19-17-13)9-5-7-10(14)8-6-9/h5-8H,2-4H2,1H3,(H,15,17,18). The van der Waals surface area contributed by atoms with Crippen LogP contribution in [0.4, 0.5) is 10.2 Å². The van der Waals surface area contributed by atoms with Crippen LogP contribution >= 0.6 is 0 Å². The molecule has 0 bridgehead atoms. The van der Waals surface area contributed by atoms with E-state index in [2.05, 4.69) is 20.3 Å². The summed E-state index contributed by atoms with van der Waals surface area (Å²) in [4.78, 5) is 11.6. The van der Waals surface area contributed by atoms with Gasteiger partial charge in [0.15, 0.2) is 5.69 Å². The number of amides is 1. The van der Waals surface area contributed by atoms with Crippen LogP contribution in [0, 0.1) is 5.82 Å². The van der Waals surface area contributed by atoms with Crippen molar-refractivity contribution in [3.8, 4) is 11.3 Å². The highest BCUT2D eigenvalue weighted by Gasteiger charge is 2.14. The van der Waals surface area contributed by atoms with Crippen LogP contribution in [0.25, 0.3) is 11.3 Å². The van der Waals surface area contributed by atoms with Crippen molar-refractivity contribution in [2.24, 2.45) is 0 Å². The molecule has 2 aromatic rings. The minimum absolute atomic E-state index is 0.138. The zero-order chi connectivity index (χ0) is 13.7. The summed E-state index contributed by atoms with van der Waals surface area (Å²) in [5.41, 5.74) is 1.03. The monoisotopic (exact) mass is 263 g/mol. The van der Waals surface area contributed by atoms with Crippen molar-refractivity contribution < 1.29 is 13.8 Å². The SMILES string of the molecule is CCCCC(=O)Nc1nonc1-c1ccc(F)cc1. The smallest absolute Gasteiger partial charge is 0.225 e. The van der Waals surface area contributed by atoms with Crippen LogP contribution in [0.15, 0.2) is 28.9 Å². The molecule has 0 aliphatic heterocycles. The molecule has 0 spiro atoms. The van der Waals surface area contributed by atoms with Gasteiger partial charge in [-0.2, -0.15) is 0 Å². The summed E-state index contributed by atoms with van der Waals surface area (Å²) < 4.78 is 17.5. The Balaban J connectivity index is 2.13. The van der Waals surface area contributed by atoms with Crippen LogP contribution in [0.2, 0.25) is 0 Å². The van der Waals surface area contributed by atoms with E-state index < -0.39 is 0 Å². The molecule has 6 heteroatoms. The number of nitrogens with one attached hydrogen (secondary N) is 1. The van der Waals surface area contributed by atoms with E-state index >= 15 is 0 Å². The van der Waals surface area contributed by atoms with Gasteiger partial charge in [0.05, 0.1) is 0 Å². The number of carbonyl (C=O) groups is 1. The van der Waals surface area contributed by atoms with Crippen molar-refractivity contribution in [3.05, 3.63) is 30.1 Å². The van der Waals surface area contributed by atoms with E-state index in [1.54, 1.807) is 12.1 Å². The van der Waals surface area contributed by atoms with Gasteiger partial charge in [-0.3, -0.25) is 4.79 Å². The average Bonchev–Trinajstić information content (AvgIpc) is 2.85. The van der Waals surface area contributed by atoms with E-state index in [0.717, 1.165) is 12.8 Å². The second kappa shape index (κ2) is 6.08. The van der Waals surface area contributed by atoms with E-state index in [1.165, 1.54) is 12.1 Å². The van der Waals surface area contributed by atoms with Crippen LogP contribution in [0.5, 0.6) is 0 Å². The maximum absolute atomic E-state index is 12.8. The summed E-state index contributed by atoms with van der Waals surface area (Å²) >= 11 is 0. The molecule has 100 valence electrons. The number of carbonyl (C=O) groups excluding carboxylic acids is 1. The third-order valence-corrected chi connectivity index (χ3v) is 2.62. The van der Waals surface area contributed by atoms with E-state index in [4.69, 9.17) is 0 Å². The second-order valence-corrected chi connectivity index (χ2v) is 4.12. The van der Waals surface area contributed by atoms with Crippen molar-refractivity contribution in [1.29, 1.82) is 0 Å². The summed E-state index contributed by atoms with van der Waals surface area (Å²) in [7, 11) is 0. The summed E-state index contributed by atoms with van der Waals surface area (Å²) in [6, 6.07) is 5.73. The first-order chi connectivity index (χ1) is 9.20. The largest absolute Gasteiger partial charge is 0.306 e. The Labute approximate surface area is 109 Å². The van der Waals surface area contributed by atoms with Gasteiger partial charge in [0.2, 0.25) is 11.7 Å². The number of anilines is 1. The van der Waals surface area contributed by atoms with Crippen molar-refractivity contribution in [1.82, 2.24) is 10.3 Å². The van der Waals surface area contributed by atoms with Crippen molar-refractivity contribution in [3.63, 3.8) is 0 Å². The molecule has 0 radical (unpaired) electrons. The van der Waals surface area contributed by atoms with Gasteiger partial charge in [0, 0.05) is 12.0 Å². The fourth-order valence-corrected chi connectivity index (χ4v) is 1.60. The molecular formula is C13H14FN3O2. The Kier molecular flexibility index (Phi) is 4.22. The Morgan fingerprint density at radius 1 is 1.32 bits per heavy atom. The lowest BCUT2D eigenvalue weighted by Gasteiger charge is -2.02. The van der Waals surface area contributed by atoms with Crippen LogP contribution in [0.3, 0.4) is 0 Å². The third kappa shape index (κ3) is 3.37. The topological polar surface area (TPSA) is 68.0 Å². The van der Waals surface area contributed by atoms with E-state index in [0.29, 0.717) is 17.7 Å². The molecule has 5 nitrogen and oxygen atoms in total. The molecule has 0 atom stereocenters. The Bertz CT molecular complexity index is 551. The number of benzene rings is 1. The Hall–Kier alpha value is -2.24. The number of rotatable bonds is 5. The molecular weight excluding hydrogens is 249 g/mol. The van der Waals surface area contributed by atoms with E-state index in [1.807, 2.05) is 6.92 Å². The van der Waals surface area contributed by atoms with Gasteiger partial charge in [0.1, 0.15) is 5.82 Å². The van der Waals surface area contributed by atoms with Crippen LogP contribution in [-0.4, -0.2) is 16.2 Å². The number of hydrogen-bond acceptors (Lipinski definition) is 4. The Morgan fingerprint density at radius 2 is 2.05 bits per heavy atom. The van der Waals surface area contributed by atoms with Crippen molar-refractivity contribution in [2.75, 3.05) is 5.32 Å². The highest BCUT2D eigenvalue weighted by molar-refractivity contribution is 5.92. The molecule has 0 fully saturated rings. The minimum Gasteiger partial charge on any atom is -0.306 e. The third-order valence-electron chi connectivity index (χ3n) is 2.62. The second-order valence-electron chi connectivity index (χ2n) is 4.12. The molecule has 0 aliphatic rings. The summed E-state index contributed by atoms with van der Waals surface area (Å²) in [5, 5.41) is 10.0. The van der Waals surface area contributed by atoms with Gasteiger partial charge in [-0.25, -0.2) is 9.02 Å². The number of hydrogen-bond donors (Lipinski definition) is 1. The first-order valence-corrected chi connectivity index (χ1v) is 6.09. The normalized spacial score (nSPS) is 10.4. The number of nitrogens with zero attached hydrogens (tertiary/aromatic N) is 2. The number of aromatic nitrogens is 2. The highest BCUT2D eigenvalue weighted by Crippen LogP contribution is 2.24. The lowest BCUT2D eigenvalue weighted by atomic mass is 10.1. The summed E-state index contributed by atoms with van der Waals surface area (Å²) in [6.45, 7) is 2.01. The van der Waals surface area contributed by atoms with Crippen molar-refractivity contribution >= 4 is 11.7 Å². The van der Waals surface area contributed by atoms with Gasteiger partial charge < -0.3 is 5.32 Å². The number of halogens is 1. The molecule has 1 aromatic carbocycles. The van der Waals surface area contributed by atoms with E-state index in [9.17, 15) is 9.18 Å². The lowest BCUT2D eigenvalue weighted by Crippen LogP contribution is -2.11. The average molecular weight is 263 g/mol. The maximum atomic E-state index is 12.8. The molecule has 1 N–H and O–H groups in total. The predicted molar refractivity (Wildman–Crippen MR) is 67.8 cm³/mol. The van der Waals surface area contributed by atoms with Gasteiger partial charge >= 0.3 is 0 Å². The molecule has 1 heterocycles. The van der Waals surface area contributed by atoms with Crippen LogP contribution in [-0.2, 0) is 4.79 Å². The molecule has 2 rings (SSSR count). The fraction of sp³-hybridized carbons (Fsp3) is 0.308. The summed E-state index contributed by atoms with van der Waals surface area (Å²) in [6.07, 6.45) is 2.17. The molecule has 0 saturated heterocycles. The maximum Gasteiger partial charge on any atom is 0.225 e. The van der Waals surface area contributed by atoms with Crippen LogP contribution < -0.4 is 5.32 Å². The van der Waals surface area contributed by atoms with Gasteiger partial charge in [0.25, 0.3) is 0 Å². The molecule has 0 unspecified atom stereocenters. The molecule has 0 aliphatic carbocycles. The van der Waals surface area contributed by atoms with Crippen LogP contribution in [0.1, 0.15) is 26.2 Å². The highest BCUT2D eigenvalue weighted by atomic mass is 19.1. The predicted octanol–water partition coefficient (Wildman–Crippen LogP) is 3.00.